The summed E-state index contributed by atoms with van der Waals surface area (Å²) in [7, 11) is 0. The Kier molecular flexibility index (Phi) is 4.59. The molecule has 3 aliphatic rings. The van der Waals surface area contributed by atoms with Crippen molar-refractivity contribution in [3.05, 3.63) is 29.8 Å². The SMILES string of the molecule is O=C(Nc1ncsc1-c1cccc(O)c1)OCC1CN2CCC1CC2. The summed E-state index contributed by atoms with van der Waals surface area (Å²) in [6, 6.07) is 6.90. The lowest BCUT2D eigenvalue weighted by molar-refractivity contribution is 0.0151. The molecule has 5 rings (SSSR count). The van der Waals surface area contributed by atoms with E-state index in [1.807, 2.05) is 6.07 Å². The maximum Gasteiger partial charge on any atom is 0.412 e. The highest BCUT2D eigenvalue weighted by Gasteiger charge is 2.34. The number of amides is 1. The molecule has 4 heterocycles. The Morgan fingerprint density at radius 1 is 1.40 bits per heavy atom. The van der Waals surface area contributed by atoms with Gasteiger partial charge in [-0.15, -0.1) is 11.3 Å². The molecular weight excluding hydrogens is 338 g/mol. The number of phenolic OH excluding ortho intramolecular Hbond substituents is 1. The lowest BCUT2D eigenvalue weighted by Crippen LogP contribution is -2.49. The molecule has 3 saturated heterocycles. The first-order valence-electron chi connectivity index (χ1n) is 8.58. The second-order valence-electron chi connectivity index (χ2n) is 6.70. The largest absolute Gasteiger partial charge is 0.508 e. The lowest BCUT2D eigenvalue weighted by atomic mass is 9.79. The Morgan fingerprint density at radius 3 is 2.96 bits per heavy atom. The number of phenols is 1. The molecule has 2 bridgehead atoms. The Morgan fingerprint density at radius 2 is 2.24 bits per heavy atom. The maximum atomic E-state index is 12.2. The predicted molar refractivity (Wildman–Crippen MR) is 96.8 cm³/mol. The smallest absolute Gasteiger partial charge is 0.412 e. The van der Waals surface area contributed by atoms with Gasteiger partial charge in [-0.2, -0.15) is 0 Å². The monoisotopic (exact) mass is 359 g/mol. The summed E-state index contributed by atoms with van der Waals surface area (Å²) in [5.41, 5.74) is 2.48. The Labute approximate surface area is 150 Å². The van der Waals surface area contributed by atoms with Gasteiger partial charge in [-0.05, 0) is 49.5 Å². The molecule has 0 spiro atoms. The Bertz CT molecular complexity index is 756. The van der Waals surface area contributed by atoms with Gasteiger partial charge in [0.1, 0.15) is 5.75 Å². The van der Waals surface area contributed by atoms with Crippen molar-refractivity contribution in [3.8, 4) is 16.2 Å². The Balaban J connectivity index is 1.36. The van der Waals surface area contributed by atoms with E-state index >= 15 is 0 Å². The van der Waals surface area contributed by atoms with Crippen molar-refractivity contribution in [1.82, 2.24) is 9.88 Å². The number of fused-ring (bicyclic) bond motifs is 3. The van der Waals surface area contributed by atoms with Crippen LogP contribution in [0.2, 0.25) is 0 Å². The first-order valence-corrected chi connectivity index (χ1v) is 9.46. The summed E-state index contributed by atoms with van der Waals surface area (Å²) in [5, 5.41) is 12.4. The molecule has 7 heteroatoms. The molecule has 1 aromatic carbocycles. The minimum atomic E-state index is -0.469. The molecule has 3 aliphatic heterocycles. The number of aromatic nitrogens is 1. The zero-order valence-electron chi connectivity index (χ0n) is 13.9. The summed E-state index contributed by atoms with van der Waals surface area (Å²) < 4.78 is 5.46. The molecule has 0 aliphatic carbocycles. The summed E-state index contributed by atoms with van der Waals surface area (Å²) in [4.78, 5) is 19.6. The lowest BCUT2D eigenvalue weighted by Gasteiger charge is -2.44. The average Bonchev–Trinajstić information content (AvgIpc) is 3.09. The number of carbonyl (C=O) groups is 1. The fourth-order valence-corrected chi connectivity index (χ4v) is 4.52. The quantitative estimate of drug-likeness (QED) is 0.875. The third-order valence-corrected chi connectivity index (χ3v) is 5.99. The van der Waals surface area contributed by atoms with Crippen LogP contribution in [0.15, 0.2) is 29.8 Å². The Hall–Kier alpha value is -2.12. The van der Waals surface area contributed by atoms with Crippen molar-refractivity contribution in [2.45, 2.75) is 12.8 Å². The number of rotatable bonds is 4. The molecule has 132 valence electrons. The van der Waals surface area contributed by atoms with Gasteiger partial charge in [-0.3, -0.25) is 5.32 Å². The molecule has 3 fully saturated rings. The highest BCUT2D eigenvalue weighted by Crippen LogP contribution is 2.34. The number of benzene rings is 1. The summed E-state index contributed by atoms with van der Waals surface area (Å²) in [6.07, 6.45) is 1.95. The zero-order chi connectivity index (χ0) is 17.2. The molecule has 1 aromatic heterocycles. The van der Waals surface area contributed by atoms with E-state index in [1.165, 1.54) is 37.3 Å². The summed E-state index contributed by atoms with van der Waals surface area (Å²) in [6.45, 7) is 3.85. The second kappa shape index (κ2) is 7.01. The molecule has 25 heavy (non-hydrogen) atoms. The van der Waals surface area contributed by atoms with Crippen molar-refractivity contribution in [1.29, 1.82) is 0 Å². The number of hydrogen-bond acceptors (Lipinski definition) is 6. The van der Waals surface area contributed by atoms with Gasteiger partial charge >= 0.3 is 6.09 Å². The van der Waals surface area contributed by atoms with Crippen LogP contribution in [0.1, 0.15) is 12.8 Å². The van der Waals surface area contributed by atoms with Gasteiger partial charge in [0.25, 0.3) is 0 Å². The average molecular weight is 359 g/mol. The zero-order valence-corrected chi connectivity index (χ0v) is 14.7. The minimum absolute atomic E-state index is 0.182. The number of piperidine rings is 3. The van der Waals surface area contributed by atoms with Crippen LogP contribution in [0.3, 0.4) is 0 Å². The van der Waals surface area contributed by atoms with Crippen LogP contribution < -0.4 is 5.32 Å². The molecule has 0 saturated carbocycles. The number of anilines is 1. The van der Waals surface area contributed by atoms with Crippen LogP contribution in [0, 0.1) is 11.8 Å². The van der Waals surface area contributed by atoms with Gasteiger partial charge in [0, 0.05) is 12.5 Å². The van der Waals surface area contributed by atoms with E-state index in [2.05, 4.69) is 15.2 Å². The fourth-order valence-electron chi connectivity index (χ4n) is 3.78. The number of nitrogens with zero attached hydrogens (tertiary/aromatic N) is 2. The molecule has 0 radical (unpaired) electrons. The van der Waals surface area contributed by atoms with Crippen molar-refractivity contribution >= 4 is 23.2 Å². The van der Waals surface area contributed by atoms with Gasteiger partial charge in [-0.25, -0.2) is 9.78 Å². The van der Waals surface area contributed by atoms with E-state index in [9.17, 15) is 9.90 Å². The summed E-state index contributed by atoms with van der Waals surface area (Å²) in [5.74, 6) is 1.77. The van der Waals surface area contributed by atoms with Crippen molar-refractivity contribution in [3.63, 3.8) is 0 Å². The van der Waals surface area contributed by atoms with Gasteiger partial charge in [0.15, 0.2) is 5.82 Å². The van der Waals surface area contributed by atoms with Crippen LogP contribution >= 0.6 is 11.3 Å². The van der Waals surface area contributed by atoms with Crippen LogP contribution in [0.5, 0.6) is 5.75 Å². The second-order valence-corrected chi connectivity index (χ2v) is 7.56. The number of nitrogens with one attached hydrogen (secondary N) is 1. The van der Waals surface area contributed by atoms with Crippen molar-refractivity contribution < 1.29 is 14.6 Å². The number of aromatic hydroxyl groups is 1. The van der Waals surface area contributed by atoms with Crippen molar-refractivity contribution in [2.24, 2.45) is 11.8 Å². The first kappa shape index (κ1) is 16.4. The van der Waals surface area contributed by atoms with Gasteiger partial charge in [-0.1, -0.05) is 12.1 Å². The van der Waals surface area contributed by atoms with Gasteiger partial charge in [0.2, 0.25) is 0 Å². The highest BCUT2D eigenvalue weighted by molar-refractivity contribution is 7.13. The van der Waals surface area contributed by atoms with E-state index in [4.69, 9.17) is 4.74 Å². The number of thiazole rings is 1. The van der Waals surface area contributed by atoms with Crippen LogP contribution in [-0.2, 0) is 4.74 Å². The molecule has 1 amide bonds. The van der Waals surface area contributed by atoms with E-state index in [-0.39, 0.29) is 5.75 Å². The number of ether oxygens (including phenoxy) is 1. The standard InChI is InChI=1S/C18H21N3O3S/c22-15-3-1-2-13(8-15)16-17(19-11-25-16)20-18(23)24-10-14-9-21-6-4-12(14)5-7-21/h1-3,8,11-12,14,22H,4-7,9-10H2,(H,20,23). The van der Waals surface area contributed by atoms with Gasteiger partial charge < -0.3 is 14.7 Å². The third-order valence-electron chi connectivity index (χ3n) is 5.12. The fraction of sp³-hybridized carbons (Fsp3) is 0.444. The van der Waals surface area contributed by atoms with E-state index < -0.39 is 6.09 Å². The third kappa shape index (κ3) is 3.62. The topological polar surface area (TPSA) is 74.7 Å². The molecule has 1 atom stereocenters. The molecule has 1 unspecified atom stereocenters. The maximum absolute atomic E-state index is 12.2. The van der Waals surface area contributed by atoms with Crippen molar-refractivity contribution in [2.75, 3.05) is 31.6 Å². The summed E-state index contributed by atoms with van der Waals surface area (Å²) >= 11 is 1.41. The van der Waals surface area contributed by atoms with Crippen LogP contribution in [0.4, 0.5) is 10.6 Å². The normalized spacial score (nSPS) is 24.9. The first-order chi connectivity index (χ1) is 12.2. The van der Waals surface area contributed by atoms with Crippen LogP contribution in [0.25, 0.3) is 10.4 Å². The molecular formula is C18H21N3O3S. The van der Waals surface area contributed by atoms with E-state index in [1.54, 1.807) is 23.7 Å². The number of carbonyl (C=O) groups excluding carboxylic acids is 1. The van der Waals surface area contributed by atoms with Gasteiger partial charge in [0.05, 0.1) is 17.0 Å². The van der Waals surface area contributed by atoms with E-state index in [0.29, 0.717) is 24.3 Å². The predicted octanol–water partition coefficient (Wildman–Crippen LogP) is 3.41. The van der Waals surface area contributed by atoms with Crippen LogP contribution in [-0.4, -0.2) is 47.3 Å². The number of hydrogen-bond donors (Lipinski definition) is 2. The molecule has 2 aromatic rings. The minimum Gasteiger partial charge on any atom is -0.508 e. The highest BCUT2D eigenvalue weighted by atomic mass is 32.1. The van der Waals surface area contributed by atoms with E-state index in [0.717, 1.165) is 17.0 Å². The molecule has 6 nitrogen and oxygen atoms in total. The molecule has 2 N–H and O–H groups in total.